The molecule has 6 heteroatoms. The Morgan fingerprint density at radius 1 is 1.14 bits per heavy atom. The van der Waals surface area contributed by atoms with Crippen LogP contribution in [0.3, 0.4) is 0 Å². The number of nitrogens with zero attached hydrogens (tertiary/aromatic N) is 5. The zero-order valence-corrected chi connectivity index (χ0v) is 16.2. The van der Waals surface area contributed by atoms with E-state index in [2.05, 4.69) is 20.8 Å². The molecule has 0 spiro atoms. The molecule has 28 heavy (non-hydrogen) atoms. The van der Waals surface area contributed by atoms with Crippen LogP contribution in [0.5, 0.6) is 0 Å². The van der Waals surface area contributed by atoms with Gasteiger partial charge in [0.15, 0.2) is 0 Å². The second kappa shape index (κ2) is 7.41. The van der Waals surface area contributed by atoms with Crippen LogP contribution in [0.15, 0.2) is 42.9 Å². The Hall–Kier alpha value is -2.63. The van der Waals surface area contributed by atoms with Gasteiger partial charge in [0.2, 0.25) is 5.91 Å². The fourth-order valence-corrected chi connectivity index (χ4v) is 4.58. The lowest BCUT2D eigenvalue weighted by Crippen LogP contribution is -2.41. The van der Waals surface area contributed by atoms with E-state index in [1.54, 1.807) is 0 Å². The maximum Gasteiger partial charge on any atom is 0.244 e. The molecule has 3 heterocycles. The van der Waals surface area contributed by atoms with E-state index >= 15 is 0 Å². The molecule has 0 unspecified atom stereocenters. The van der Waals surface area contributed by atoms with E-state index in [1.165, 1.54) is 19.3 Å². The number of para-hydroxylation sites is 1. The predicted molar refractivity (Wildman–Crippen MR) is 108 cm³/mol. The number of carbonyl (C=O) groups is 1. The van der Waals surface area contributed by atoms with E-state index in [0.717, 1.165) is 55.1 Å². The minimum absolute atomic E-state index is 0.149. The Kier molecular flexibility index (Phi) is 4.63. The molecule has 1 saturated heterocycles. The molecule has 1 amide bonds. The van der Waals surface area contributed by atoms with Crippen LogP contribution in [-0.4, -0.2) is 43.2 Å². The number of likely N-dealkylation sites (tertiary alicyclic amines) is 1. The first-order valence-corrected chi connectivity index (χ1v) is 10.5. The number of piperidine rings is 1. The monoisotopic (exact) mass is 377 g/mol. The van der Waals surface area contributed by atoms with Crippen LogP contribution in [0.2, 0.25) is 0 Å². The van der Waals surface area contributed by atoms with Gasteiger partial charge in [-0.1, -0.05) is 24.6 Å². The Bertz CT molecular complexity index is 970. The molecular formula is C22H27N5O. The number of hydrogen-bond donors (Lipinski definition) is 0. The van der Waals surface area contributed by atoms with Gasteiger partial charge in [0.25, 0.3) is 0 Å². The second-order valence-electron chi connectivity index (χ2n) is 8.27. The average molecular weight is 377 g/mol. The lowest BCUT2D eigenvalue weighted by Gasteiger charge is -2.33. The Balaban J connectivity index is 1.28. The first-order valence-electron chi connectivity index (χ1n) is 10.5. The van der Waals surface area contributed by atoms with Gasteiger partial charge in [-0.3, -0.25) is 9.48 Å². The highest BCUT2D eigenvalue weighted by molar-refractivity contribution is 5.82. The highest BCUT2D eigenvalue weighted by Gasteiger charge is 2.28. The Morgan fingerprint density at radius 3 is 2.89 bits per heavy atom. The molecule has 3 aromatic rings. The lowest BCUT2D eigenvalue weighted by atomic mass is 9.85. The van der Waals surface area contributed by atoms with Gasteiger partial charge in [-0.25, -0.2) is 4.98 Å². The number of fused-ring (bicyclic) bond motifs is 1. The maximum absolute atomic E-state index is 13.0. The van der Waals surface area contributed by atoms with Crippen molar-refractivity contribution in [2.75, 3.05) is 13.1 Å². The SMILES string of the molecule is O=C(Cn1ncc2ccccc21)N1CCC[C@@H](c2nccn2CC2CCC2)C1. The van der Waals surface area contributed by atoms with Crippen LogP contribution in [0.25, 0.3) is 10.9 Å². The van der Waals surface area contributed by atoms with E-state index in [-0.39, 0.29) is 5.91 Å². The van der Waals surface area contributed by atoms with Crippen molar-refractivity contribution in [2.24, 2.45) is 5.92 Å². The van der Waals surface area contributed by atoms with Crippen molar-refractivity contribution in [1.29, 1.82) is 0 Å². The van der Waals surface area contributed by atoms with E-state index in [4.69, 9.17) is 0 Å². The largest absolute Gasteiger partial charge is 0.340 e. The van der Waals surface area contributed by atoms with Gasteiger partial charge in [-0.15, -0.1) is 0 Å². The number of aromatic nitrogens is 4. The molecule has 0 bridgehead atoms. The molecule has 0 N–H and O–H groups in total. The van der Waals surface area contributed by atoms with Crippen molar-refractivity contribution in [1.82, 2.24) is 24.2 Å². The molecule has 1 aromatic carbocycles. The topological polar surface area (TPSA) is 56.0 Å². The van der Waals surface area contributed by atoms with E-state index in [0.29, 0.717) is 12.5 Å². The van der Waals surface area contributed by atoms with Crippen LogP contribution >= 0.6 is 0 Å². The number of hydrogen-bond acceptors (Lipinski definition) is 3. The summed E-state index contributed by atoms with van der Waals surface area (Å²) in [5.41, 5.74) is 1.01. The summed E-state index contributed by atoms with van der Waals surface area (Å²) in [7, 11) is 0. The second-order valence-corrected chi connectivity index (χ2v) is 8.27. The summed E-state index contributed by atoms with van der Waals surface area (Å²) < 4.78 is 4.16. The maximum atomic E-state index is 13.0. The van der Waals surface area contributed by atoms with E-state index < -0.39 is 0 Å². The number of amides is 1. The van der Waals surface area contributed by atoms with Gasteiger partial charge in [0.1, 0.15) is 12.4 Å². The highest BCUT2D eigenvalue weighted by atomic mass is 16.2. The van der Waals surface area contributed by atoms with Crippen molar-refractivity contribution in [3.05, 3.63) is 48.7 Å². The van der Waals surface area contributed by atoms with Crippen molar-refractivity contribution >= 4 is 16.8 Å². The van der Waals surface area contributed by atoms with E-state index in [1.807, 2.05) is 46.2 Å². The molecule has 2 aromatic heterocycles. The normalized spacial score (nSPS) is 20.4. The molecule has 146 valence electrons. The highest BCUT2D eigenvalue weighted by Crippen LogP contribution is 2.31. The lowest BCUT2D eigenvalue weighted by molar-refractivity contribution is -0.133. The summed E-state index contributed by atoms with van der Waals surface area (Å²) in [6, 6.07) is 8.04. The fourth-order valence-electron chi connectivity index (χ4n) is 4.58. The minimum Gasteiger partial charge on any atom is -0.340 e. The Labute approximate surface area is 165 Å². The summed E-state index contributed by atoms with van der Waals surface area (Å²) in [5.74, 6) is 2.45. The van der Waals surface area contributed by atoms with Crippen LogP contribution in [0.4, 0.5) is 0 Å². The van der Waals surface area contributed by atoms with Crippen molar-refractivity contribution in [3.8, 4) is 0 Å². The quantitative estimate of drug-likeness (QED) is 0.684. The number of benzene rings is 1. The summed E-state index contributed by atoms with van der Waals surface area (Å²) in [5, 5.41) is 5.49. The Morgan fingerprint density at radius 2 is 2.04 bits per heavy atom. The molecule has 2 aliphatic rings. The summed E-state index contributed by atoms with van der Waals surface area (Å²) in [6.07, 6.45) is 12.1. The number of rotatable bonds is 5. The third-order valence-electron chi connectivity index (χ3n) is 6.40. The third kappa shape index (κ3) is 3.32. The van der Waals surface area contributed by atoms with Crippen molar-refractivity contribution in [3.63, 3.8) is 0 Å². The van der Waals surface area contributed by atoms with Crippen molar-refractivity contribution < 1.29 is 4.79 Å². The standard InChI is InChI=1S/C22H27N5O/c28-21(16-27-20-9-2-1-7-18(20)13-24-27)25-11-4-8-19(15-25)22-23-10-12-26(22)14-17-5-3-6-17/h1-2,7,9-10,12-13,17,19H,3-6,8,11,14-16H2/t19-/m1/s1. The molecule has 1 atom stereocenters. The van der Waals surface area contributed by atoms with E-state index in [9.17, 15) is 4.79 Å². The molecule has 6 nitrogen and oxygen atoms in total. The van der Waals surface area contributed by atoms with Gasteiger partial charge in [0.05, 0.1) is 11.7 Å². The fraction of sp³-hybridized carbons (Fsp3) is 0.500. The van der Waals surface area contributed by atoms with Crippen LogP contribution < -0.4 is 0 Å². The van der Waals surface area contributed by atoms with Gasteiger partial charge in [-0.05, 0) is 37.7 Å². The smallest absolute Gasteiger partial charge is 0.244 e. The molecule has 1 saturated carbocycles. The molecule has 1 aliphatic carbocycles. The molecule has 2 fully saturated rings. The first kappa shape index (κ1) is 17.5. The molecular weight excluding hydrogens is 350 g/mol. The van der Waals surface area contributed by atoms with Crippen LogP contribution in [-0.2, 0) is 17.9 Å². The third-order valence-corrected chi connectivity index (χ3v) is 6.40. The predicted octanol–water partition coefficient (Wildman–Crippen LogP) is 3.44. The van der Waals surface area contributed by atoms with Crippen LogP contribution in [0.1, 0.15) is 43.8 Å². The van der Waals surface area contributed by atoms with Crippen LogP contribution in [0, 0.1) is 5.92 Å². The zero-order chi connectivity index (χ0) is 18.9. The average Bonchev–Trinajstić information content (AvgIpc) is 3.32. The summed E-state index contributed by atoms with van der Waals surface area (Å²) in [6.45, 7) is 2.98. The zero-order valence-electron chi connectivity index (χ0n) is 16.2. The van der Waals surface area contributed by atoms with Gasteiger partial charge in [-0.2, -0.15) is 5.10 Å². The summed E-state index contributed by atoms with van der Waals surface area (Å²) >= 11 is 0. The van der Waals surface area contributed by atoms with Crippen molar-refractivity contribution in [2.45, 2.75) is 51.1 Å². The first-order chi connectivity index (χ1) is 13.8. The van der Waals surface area contributed by atoms with Gasteiger partial charge < -0.3 is 9.47 Å². The number of carbonyl (C=O) groups excluding carboxylic acids is 1. The number of imidazole rings is 1. The molecule has 1 aliphatic heterocycles. The minimum atomic E-state index is 0.149. The van der Waals surface area contributed by atoms with Gasteiger partial charge in [0, 0.05) is 43.3 Å². The molecule has 0 radical (unpaired) electrons. The molecule has 5 rings (SSSR count). The summed E-state index contributed by atoms with van der Waals surface area (Å²) in [4.78, 5) is 19.7. The van der Waals surface area contributed by atoms with Gasteiger partial charge >= 0.3 is 0 Å².